The topological polar surface area (TPSA) is 82.6 Å². The first kappa shape index (κ1) is 20.5. The van der Waals surface area contributed by atoms with Crippen LogP contribution in [0, 0.1) is 5.92 Å². The zero-order chi connectivity index (χ0) is 20.4. The Kier molecular flexibility index (Phi) is 6.00. The van der Waals surface area contributed by atoms with Crippen molar-refractivity contribution in [3.63, 3.8) is 0 Å². The largest absolute Gasteiger partial charge is 0.302 e. The molecule has 1 amide bonds. The molecular formula is C20H26N4O3S2. The Morgan fingerprint density at radius 1 is 1.21 bits per heavy atom. The second kappa shape index (κ2) is 8.51. The van der Waals surface area contributed by atoms with E-state index in [0.717, 1.165) is 36.5 Å². The highest BCUT2D eigenvalue weighted by molar-refractivity contribution is 7.90. The first-order chi connectivity index (χ1) is 13.9. The number of likely N-dealkylation sites (tertiary alicyclic amines) is 1. The molecule has 0 aliphatic carbocycles. The maximum absolute atomic E-state index is 13.1. The highest BCUT2D eigenvalue weighted by Gasteiger charge is 2.46. The third-order valence-corrected chi connectivity index (χ3v) is 8.95. The van der Waals surface area contributed by atoms with Crippen LogP contribution in [0.2, 0.25) is 0 Å². The minimum Gasteiger partial charge on any atom is -0.302 e. The number of carbonyl (C=O) groups excluding carboxylic acids is 1. The molecule has 9 heteroatoms. The van der Waals surface area contributed by atoms with E-state index < -0.39 is 10.0 Å². The molecule has 1 N–H and O–H groups in total. The van der Waals surface area contributed by atoms with E-state index in [4.69, 9.17) is 0 Å². The van der Waals surface area contributed by atoms with Crippen LogP contribution in [-0.2, 0) is 27.9 Å². The molecule has 0 spiro atoms. The van der Waals surface area contributed by atoms with Crippen LogP contribution < -0.4 is 5.32 Å². The minimum atomic E-state index is -3.27. The number of aromatic nitrogens is 1. The molecule has 2 atom stereocenters. The maximum atomic E-state index is 13.1. The van der Waals surface area contributed by atoms with Crippen molar-refractivity contribution in [2.75, 3.05) is 25.0 Å². The molecule has 2 aromatic rings. The summed E-state index contributed by atoms with van der Waals surface area (Å²) in [4.78, 5) is 18.8. The first-order valence-electron chi connectivity index (χ1n) is 9.89. The molecule has 7 nitrogen and oxygen atoms in total. The van der Waals surface area contributed by atoms with Crippen molar-refractivity contribution in [2.24, 2.45) is 5.92 Å². The summed E-state index contributed by atoms with van der Waals surface area (Å²) in [5, 5.41) is 3.03. The number of anilines is 1. The number of hydrogen-bond acceptors (Lipinski definition) is 6. The van der Waals surface area contributed by atoms with Gasteiger partial charge in [0.25, 0.3) is 0 Å². The van der Waals surface area contributed by atoms with Crippen LogP contribution in [-0.4, -0.2) is 53.4 Å². The Bertz CT molecular complexity index is 961. The van der Waals surface area contributed by atoms with E-state index in [9.17, 15) is 13.2 Å². The smallest absolute Gasteiger partial charge is 0.223 e. The van der Waals surface area contributed by atoms with Gasteiger partial charge in [-0.2, -0.15) is 4.31 Å². The van der Waals surface area contributed by atoms with Crippen LogP contribution in [0.1, 0.15) is 30.2 Å². The Labute approximate surface area is 175 Å². The fourth-order valence-corrected chi connectivity index (χ4v) is 7.38. The average Bonchev–Trinajstić information content (AvgIpc) is 3.11. The summed E-state index contributed by atoms with van der Waals surface area (Å²) in [6.45, 7) is 4.92. The van der Waals surface area contributed by atoms with Crippen molar-refractivity contribution in [1.82, 2.24) is 14.2 Å². The van der Waals surface area contributed by atoms with Crippen LogP contribution in [0.4, 0.5) is 5.13 Å². The van der Waals surface area contributed by atoms with E-state index in [2.05, 4.69) is 15.2 Å². The van der Waals surface area contributed by atoms with Crippen LogP contribution in [0.25, 0.3) is 0 Å². The molecule has 0 bridgehead atoms. The quantitative estimate of drug-likeness (QED) is 0.782. The van der Waals surface area contributed by atoms with Crippen molar-refractivity contribution in [2.45, 2.75) is 38.1 Å². The Morgan fingerprint density at radius 3 is 2.72 bits per heavy atom. The summed E-state index contributed by atoms with van der Waals surface area (Å²) in [7, 11) is -3.27. The molecular weight excluding hydrogens is 408 g/mol. The van der Waals surface area contributed by atoms with Crippen LogP contribution in [0.15, 0.2) is 36.5 Å². The number of benzene rings is 1. The SMILES string of the molecule is CC(=O)Nc1ncc(CN2CCC3CN(Cc4ccccc4)S(=O)(=O)C3CC2)s1. The number of sulfonamides is 1. The molecule has 156 valence electrons. The minimum absolute atomic E-state index is 0.126. The fraction of sp³-hybridized carbons (Fsp3) is 0.500. The van der Waals surface area contributed by atoms with E-state index >= 15 is 0 Å². The average molecular weight is 435 g/mol. The molecule has 3 heterocycles. The van der Waals surface area contributed by atoms with Crippen molar-refractivity contribution in [1.29, 1.82) is 0 Å². The van der Waals surface area contributed by atoms with E-state index in [1.54, 1.807) is 10.5 Å². The van der Waals surface area contributed by atoms with Gasteiger partial charge in [-0.1, -0.05) is 30.3 Å². The lowest BCUT2D eigenvalue weighted by molar-refractivity contribution is -0.114. The summed E-state index contributed by atoms with van der Waals surface area (Å²) in [6, 6.07) is 9.81. The molecule has 1 aromatic heterocycles. The van der Waals surface area contributed by atoms with Gasteiger partial charge in [-0.3, -0.25) is 9.69 Å². The van der Waals surface area contributed by atoms with Crippen molar-refractivity contribution >= 4 is 32.4 Å². The van der Waals surface area contributed by atoms with Crippen LogP contribution >= 0.6 is 11.3 Å². The van der Waals surface area contributed by atoms with E-state index in [1.807, 2.05) is 30.3 Å². The highest BCUT2D eigenvalue weighted by atomic mass is 32.2. The maximum Gasteiger partial charge on any atom is 0.223 e. The fourth-order valence-electron chi connectivity index (χ4n) is 4.26. The predicted octanol–water partition coefficient (Wildman–Crippen LogP) is 2.53. The normalized spacial score (nSPS) is 24.7. The zero-order valence-corrected chi connectivity index (χ0v) is 18.1. The third kappa shape index (κ3) is 4.69. The number of hydrogen-bond donors (Lipinski definition) is 1. The third-order valence-electron chi connectivity index (χ3n) is 5.67. The van der Waals surface area contributed by atoms with E-state index in [1.165, 1.54) is 18.3 Å². The second-order valence-electron chi connectivity index (χ2n) is 7.79. The number of fused-ring (bicyclic) bond motifs is 1. The molecule has 2 fully saturated rings. The lowest BCUT2D eigenvalue weighted by Gasteiger charge is -2.21. The summed E-state index contributed by atoms with van der Waals surface area (Å²) in [5.41, 5.74) is 1.04. The van der Waals surface area contributed by atoms with Gasteiger partial charge in [0, 0.05) is 37.6 Å². The molecule has 0 saturated carbocycles. The molecule has 2 aliphatic rings. The summed E-state index contributed by atoms with van der Waals surface area (Å²) < 4.78 is 27.9. The van der Waals surface area contributed by atoms with Gasteiger partial charge in [0.2, 0.25) is 15.9 Å². The predicted molar refractivity (Wildman–Crippen MR) is 114 cm³/mol. The number of nitrogens with one attached hydrogen (secondary N) is 1. The van der Waals surface area contributed by atoms with Crippen LogP contribution in [0.5, 0.6) is 0 Å². The standard InChI is InChI=1S/C20H26N4O3S2/c1-15(25)22-20-21-11-18(28-20)14-23-9-7-17-13-24(12-16-5-3-2-4-6-16)29(26,27)19(17)8-10-23/h2-6,11,17,19H,7-10,12-14H2,1H3,(H,21,22,25). The molecule has 2 unspecified atom stereocenters. The van der Waals surface area contributed by atoms with E-state index in [0.29, 0.717) is 24.6 Å². The summed E-state index contributed by atoms with van der Waals surface area (Å²) in [5.74, 6) is 0.0591. The summed E-state index contributed by atoms with van der Waals surface area (Å²) >= 11 is 1.47. The van der Waals surface area contributed by atoms with Gasteiger partial charge in [0.15, 0.2) is 5.13 Å². The molecule has 1 aromatic carbocycles. The van der Waals surface area contributed by atoms with Crippen molar-refractivity contribution in [3.05, 3.63) is 47.0 Å². The molecule has 2 aliphatic heterocycles. The van der Waals surface area contributed by atoms with Gasteiger partial charge >= 0.3 is 0 Å². The lowest BCUT2D eigenvalue weighted by atomic mass is 10.0. The molecule has 2 saturated heterocycles. The van der Waals surface area contributed by atoms with Gasteiger partial charge in [-0.25, -0.2) is 13.4 Å². The zero-order valence-electron chi connectivity index (χ0n) is 16.5. The monoisotopic (exact) mass is 434 g/mol. The van der Waals surface area contributed by atoms with Gasteiger partial charge in [0.05, 0.1) is 5.25 Å². The molecule has 4 rings (SSSR count). The number of carbonyl (C=O) groups is 1. The van der Waals surface area contributed by atoms with Gasteiger partial charge < -0.3 is 5.32 Å². The van der Waals surface area contributed by atoms with Crippen molar-refractivity contribution < 1.29 is 13.2 Å². The lowest BCUT2D eigenvalue weighted by Crippen LogP contribution is -2.31. The van der Waals surface area contributed by atoms with Crippen LogP contribution in [0.3, 0.4) is 0 Å². The second-order valence-corrected chi connectivity index (χ2v) is 11.1. The Balaban J connectivity index is 1.38. The first-order valence-corrected chi connectivity index (χ1v) is 12.2. The van der Waals surface area contributed by atoms with E-state index in [-0.39, 0.29) is 17.1 Å². The Hall–Kier alpha value is -1.81. The Morgan fingerprint density at radius 2 is 1.97 bits per heavy atom. The number of rotatable bonds is 5. The number of nitrogens with zero attached hydrogens (tertiary/aromatic N) is 3. The van der Waals surface area contributed by atoms with Gasteiger partial charge in [-0.05, 0) is 37.4 Å². The van der Waals surface area contributed by atoms with Gasteiger partial charge in [0.1, 0.15) is 0 Å². The number of thiazole rings is 1. The van der Waals surface area contributed by atoms with Gasteiger partial charge in [-0.15, -0.1) is 11.3 Å². The number of amides is 1. The molecule has 0 radical (unpaired) electrons. The summed E-state index contributed by atoms with van der Waals surface area (Å²) in [6.07, 6.45) is 3.34. The molecule has 29 heavy (non-hydrogen) atoms. The highest BCUT2D eigenvalue weighted by Crippen LogP contribution is 2.35. The van der Waals surface area contributed by atoms with Crippen molar-refractivity contribution in [3.8, 4) is 0 Å².